The van der Waals surface area contributed by atoms with E-state index < -0.39 is 17.1 Å². The second kappa shape index (κ2) is 5.09. The first kappa shape index (κ1) is 13.4. The summed E-state index contributed by atoms with van der Waals surface area (Å²) in [6.07, 6.45) is -2.54. The zero-order valence-electron chi connectivity index (χ0n) is 9.33. The van der Waals surface area contributed by atoms with Gasteiger partial charge in [0.25, 0.3) is 5.69 Å². The van der Waals surface area contributed by atoms with Gasteiger partial charge in [-0.3, -0.25) is 10.1 Å². The summed E-state index contributed by atoms with van der Waals surface area (Å²) in [6.45, 7) is 1.47. The van der Waals surface area contributed by atoms with Crippen LogP contribution in [0.15, 0.2) is 12.1 Å². The molecule has 0 heterocycles. The van der Waals surface area contributed by atoms with E-state index in [-0.39, 0.29) is 23.5 Å². The number of anilines is 1. The lowest BCUT2D eigenvalue weighted by atomic mass is 9.99. The monoisotopic (exact) mass is 241 g/mol. The van der Waals surface area contributed by atoms with E-state index in [0.717, 1.165) is 0 Å². The number of nitrogens with zero attached hydrogens (tertiary/aromatic N) is 1. The fourth-order valence-electron chi connectivity index (χ4n) is 1.54. The molecule has 0 fully saturated rings. The number of hydrogen-bond donors (Lipinski definition) is 4. The van der Waals surface area contributed by atoms with Crippen molar-refractivity contribution in [2.75, 3.05) is 12.3 Å². The Bertz CT molecular complexity index is 436. The minimum absolute atomic E-state index is 0.120. The van der Waals surface area contributed by atoms with Crippen molar-refractivity contribution >= 4 is 11.4 Å². The van der Waals surface area contributed by atoms with Crippen molar-refractivity contribution in [3.63, 3.8) is 0 Å². The predicted molar refractivity (Wildman–Crippen MR) is 62.3 cm³/mol. The summed E-state index contributed by atoms with van der Waals surface area (Å²) in [6, 6.07) is 2.80. The van der Waals surface area contributed by atoms with Crippen molar-refractivity contribution in [1.82, 2.24) is 0 Å². The van der Waals surface area contributed by atoms with E-state index in [4.69, 9.17) is 11.5 Å². The Morgan fingerprint density at radius 2 is 2.06 bits per heavy atom. The van der Waals surface area contributed by atoms with E-state index in [1.54, 1.807) is 6.92 Å². The average Bonchev–Trinajstić information content (AvgIpc) is 2.29. The zero-order valence-corrected chi connectivity index (χ0v) is 9.33. The number of hydrogen-bond acceptors (Lipinski definition) is 6. The summed E-state index contributed by atoms with van der Waals surface area (Å²) in [5.74, 6) is 0. The Labute approximate surface area is 97.8 Å². The van der Waals surface area contributed by atoms with Crippen molar-refractivity contribution in [1.29, 1.82) is 0 Å². The molecule has 0 bridgehead atoms. The first-order valence-electron chi connectivity index (χ1n) is 4.99. The highest BCUT2D eigenvalue weighted by molar-refractivity contribution is 5.65. The van der Waals surface area contributed by atoms with Gasteiger partial charge in [-0.05, 0) is 12.5 Å². The van der Waals surface area contributed by atoms with Crippen molar-refractivity contribution < 1.29 is 15.1 Å². The summed E-state index contributed by atoms with van der Waals surface area (Å²) in [4.78, 5) is 10.1. The van der Waals surface area contributed by atoms with Crippen LogP contribution >= 0.6 is 0 Å². The highest BCUT2D eigenvalue weighted by atomic mass is 16.6. The van der Waals surface area contributed by atoms with E-state index in [1.165, 1.54) is 12.1 Å². The lowest BCUT2D eigenvalue weighted by Crippen LogP contribution is -2.27. The van der Waals surface area contributed by atoms with Crippen LogP contribution in [0.25, 0.3) is 0 Å². The highest BCUT2D eigenvalue weighted by Gasteiger charge is 2.24. The van der Waals surface area contributed by atoms with Crippen LogP contribution in [0.5, 0.6) is 0 Å². The largest absolute Gasteiger partial charge is 0.393 e. The molecule has 0 spiro atoms. The summed E-state index contributed by atoms with van der Waals surface area (Å²) >= 11 is 0. The van der Waals surface area contributed by atoms with Crippen LogP contribution in [0.2, 0.25) is 0 Å². The predicted octanol–water partition coefficient (Wildman–Crippen LogP) is -0.162. The van der Waals surface area contributed by atoms with Gasteiger partial charge in [-0.1, -0.05) is 6.07 Å². The molecule has 1 aromatic rings. The third-order valence-electron chi connectivity index (χ3n) is 2.46. The van der Waals surface area contributed by atoms with Gasteiger partial charge in [-0.2, -0.15) is 0 Å². The minimum atomic E-state index is -1.33. The van der Waals surface area contributed by atoms with Gasteiger partial charge in [0.05, 0.1) is 11.0 Å². The fraction of sp³-hybridized carbons (Fsp3) is 0.400. The Morgan fingerprint density at radius 3 is 2.53 bits per heavy atom. The summed E-state index contributed by atoms with van der Waals surface area (Å²) in [5.41, 5.74) is 11.1. The number of rotatable bonds is 4. The van der Waals surface area contributed by atoms with Crippen LogP contribution in [0, 0.1) is 17.0 Å². The third kappa shape index (κ3) is 2.70. The minimum Gasteiger partial charge on any atom is -0.393 e. The number of nitro benzene ring substituents is 1. The Balaban J connectivity index is 3.29. The van der Waals surface area contributed by atoms with Gasteiger partial charge in [0.2, 0.25) is 0 Å². The SMILES string of the molecule is Cc1cc(C(O)C(O)CN)c(N)c([N+](=O)[O-])c1. The molecule has 1 aromatic carbocycles. The van der Waals surface area contributed by atoms with Crippen molar-refractivity contribution in [3.8, 4) is 0 Å². The van der Waals surface area contributed by atoms with Gasteiger partial charge in [0, 0.05) is 18.2 Å². The molecule has 7 nitrogen and oxygen atoms in total. The number of aliphatic hydroxyl groups is 2. The average molecular weight is 241 g/mol. The molecule has 2 unspecified atom stereocenters. The molecule has 0 aliphatic heterocycles. The van der Waals surface area contributed by atoms with Crippen LogP contribution < -0.4 is 11.5 Å². The van der Waals surface area contributed by atoms with E-state index in [2.05, 4.69) is 0 Å². The van der Waals surface area contributed by atoms with Gasteiger partial charge in [0.15, 0.2) is 0 Å². The first-order valence-corrected chi connectivity index (χ1v) is 4.99. The normalized spacial score (nSPS) is 14.4. The van der Waals surface area contributed by atoms with E-state index in [9.17, 15) is 20.3 Å². The number of aliphatic hydroxyl groups excluding tert-OH is 2. The van der Waals surface area contributed by atoms with Crippen molar-refractivity contribution in [2.45, 2.75) is 19.1 Å². The van der Waals surface area contributed by atoms with Crippen LogP contribution in [0.3, 0.4) is 0 Å². The fourth-order valence-corrected chi connectivity index (χ4v) is 1.54. The molecule has 17 heavy (non-hydrogen) atoms. The molecular weight excluding hydrogens is 226 g/mol. The molecule has 2 atom stereocenters. The van der Waals surface area contributed by atoms with Crippen LogP contribution in [-0.2, 0) is 0 Å². The molecule has 0 amide bonds. The van der Waals surface area contributed by atoms with Gasteiger partial charge in [-0.25, -0.2) is 0 Å². The molecule has 0 saturated carbocycles. The van der Waals surface area contributed by atoms with Gasteiger partial charge < -0.3 is 21.7 Å². The third-order valence-corrected chi connectivity index (χ3v) is 2.46. The van der Waals surface area contributed by atoms with E-state index >= 15 is 0 Å². The smallest absolute Gasteiger partial charge is 0.292 e. The lowest BCUT2D eigenvalue weighted by molar-refractivity contribution is -0.384. The van der Waals surface area contributed by atoms with Crippen LogP contribution in [0.1, 0.15) is 17.2 Å². The topological polar surface area (TPSA) is 136 Å². The molecular formula is C10H15N3O4. The molecule has 0 aromatic heterocycles. The quantitative estimate of drug-likeness (QED) is 0.328. The Morgan fingerprint density at radius 1 is 1.47 bits per heavy atom. The van der Waals surface area contributed by atoms with Crippen LogP contribution in [-0.4, -0.2) is 27.8 Å². The molecule has 6 N–H and O–H groups in total. The maximum atomic E-state index is 10.7. The molecule has 1 rings (SSSR count). The van der Waals surface area contributed by atoms with Crippen molar-refractivity contribution in [3.05, 3.63) is 33.4 Å². The molecule has 94 valence electrons. The summed E-state index contributed by atoms with van der Waals surface area (Å²) in [5, 5.41) is 29.9. The molecule has 0 aliphatic rings. The van der Waals surface area contributed by atoms with E-state index in [0.29, 0.717) is 5.56 Å². The molecule has 0 aliphatic carbocycles. The zero-order chi connectivity index (χ0) is 13.2. The second-order valence-electron chi connectivity index (χ2n) is 3.79. The van der Waals surface area contributed by atoms with Crippen LogP contribution in [0.4, 0.5) is 11.4 Å². The Kier molecular flexibility index (Phi) is 4.00. The number of nitro groups is 1. The maximum absolute atomic E-state index is 10.7. The number of benzene rings is 1. The number of nitrogen functional groups attached to an aromatic ring is 1. The van der Waals surface area contributed by atoms with Gasteiger partial charge >= 0.3 is 0 Å². The summed E-state index contributed by atoms with van der Waals surface area (Å²) < 4.78 is 0. The molecule has 0 saturated heterocycles. The maximum Gasteiger partial charge on any atom is 0.292 e. The second-order valence-corrected chi connectivity index (χ2v) is 3.79. The Hall–Kier alpha value is -1.70. The van der Waals surface area contributed by atoms with Gasteiger partial charge in [-0.15, -0.1) is 0 Å². The van der Waals surface area contributed by atoms with Crippen molar-refractivity contribution in [2.24, 2.45) is 5.73 Å². The van der Waals surface area contributed by atoms with Gasteiger partial charge in [0.1, 0.15) is 11.8 Å². The summed E-state index contributed by atoms with van der Waals surface area (Å²) in [7, 11) is 0. The first-order chi connectivity index (χ1) is 7.88. The molecule has 0 radical (unpaired) electrons. The highest BCUT2D eigenvalue weighted by Crippen LogP contribution is 2.32. The number of nitrogens with two attached hydrogens (primary N) is 2. The van der Waals surface area contributed by atoms with E-state index in [1.807, 2.05) is 0 Å². The standard InChI is InChI=1S/C10H15N3O4/c1-5-2-6(10(15)8(14)4-11)9(12)7(3-5)13(16)17/h2-3,8,10,14-15H,4,11-12H2,1H3. The number of aryl methyl sites for hydroxylation is 1. The molecule has 7 heteroatoms. The lowest BCUT2D eigenvalue weighted by Gasteiger charge is -2.18.